The van der Waals surface area contributed by atoms with Gasteiger partial charge < -0.3 is 15.8 Å². The fourth-order valence-corrected chi connectivity index (χ4v) is 2.27. The normalized spacial score (nSPS) is 23.1. The molecule has 3 N–H and O–H groups in total. The first-order valence-corrected chi connectivity index (χ1v) is 6.03. The number of hydrogen-bond acceptors (Lipinski definition) is 3. The lowest BCUT2D eigenvalue weighted by molar-refractivity contribution is -0.120. The van der Waals surface area contributed by atoms with Crippen molar-refractivity contribution in [3.8, 4) is 0 Å². The lowest BCUT2D eigenvalue weighted by Crippen LogP contribution is -2.37. The monoisotopic (exact) mass is 292 g/mol. The van der Waals surface area contributed by atoms with Gasteiger partial charge in [-0.1, -0.05) is 23.2 Å². The molecular formula is C11H11Cl2FN2O2. The molecule has 0 aliphatic carbocycles. The van der Waals surface area contributed by atoms with Crippen molar-refractivity contribution in [1.82, 2.24) is 0 Å². The van der Waals surface area contributed by atoms with Crippen LogP contribution in [0.1, 0.15) is 0 Å². The van der Waals surface area contributed by atoms with E-state index in [0.717, 1.165) is 12.1 Å². The second-order valence-corrected chi connectivity index (χ2v) is 4.86. The summed E-state index contributed by atoms with van der Waals surface area (Å²) >= 11 is 11.6. The van der Waals surface area contributed by atoms with Crippen LogP contribution >= 0.6 is 23.2 Å². The zero-order chi connectivity index (χ0) is 13.3. The van der Waals surface area contributed by atoms with Crippen LogP contribution in [0.4, 0.5) is 10.1 Å². The number of carbonyl (C=O) groups is 1. The van der Waals surface area contributed by atoms with Crippen molar-refractivity contribution in [2.45, 2.75) is 6.04 Å². The molecule has 0 bridgehead atoms. The summed E-state index contributed by atoms with van der Waals surface area (Å²) in [4.78, 5) is 11.9. The molecule has 18 heavy (non-hydrogen) atoms. The molecule has 2 atom stereocenters. The molecule has 1 heterocycles. The molecule has 2 rings (SSSR count). The van der Waals surface area contributed by atoms with Gasteiger partial charge in [0.05, 0.1) is 34.9 Å². The van der Waals surface area contributed by atoms with Crippen LogP contribution in [-0.2, 0) is 9.53 Å². The molecule has 0 radical (unpaired) electrons. The van der Waals surface area contributed by atoms with E-state index in [1.165, 1.54) is 0 Å². The van der Waals surface area contributed by atoms with E-state index in [-0.39, 0.29) is 34.3 Å². The average molecular weight is 293 g/mol. The third kappa shape index (κ3) is 2.75. The minimum atomic E-state index is -0.566. The molecule has 1 aromatic carbocycles. The molecule has 1 aliphatic heterocycles. The number of ether oxygens (including phenoxy) is 1. The van der Waals surface area contributed by atoms with E-state index in [4.69, 9.17) is 33.7 Å². The van der Waals surface area contributed by atoms with Gasteiger partial charge in [-0.2, -0.15) is 0 Å². The van der Waals surface area contributed by atoms with Crippen LogP contribution in [0.5, 0.6) is 0 Å². The first-order valence-electron chi connectivity index (χ1n) is 5.27. The Bertz CT molecular complexity index is 461. The first-order chi connectivity index (χ1) is 8.49. The number of hydrogen-bond donors (Lipinski definition) is 2. The second kappa shape index (κ2) is 5.40. The third-order valence-corrected chi connectivity index (χ3v) is 3.31. The Hall–Kier alpha value is -0.880. The summed E-state index contributed by atoms with van der Waals surface area (Å²) in [6, 6.07) is 1.80. The summed E-state index contributed by atoms with van der Waals surface area (Å²) in [5, 5.41) is 2.63. The highest BCUT2D eigenvalue weighted by molar-refractivity contribution is 6.39. The maximum Gasteiger partial charge on any atom is 0.231 e. The molecule has 0 spiro atoms. The van der Waals surface area contributed by atoms with Gasteiger partial charge in [0.15, 0.2) is 0 Å². The second-order valence-electron chi connectivity index (χ2n) is 4.04. The lowest BCUT2D eigenvalue weighted by atomic mass is 10.0. The molecule has 98 valence electrons. The van der Waals surface area contributed by atoms with Crippen LogP contribution in [0, 0.1) is 11.7 Å². The number of benzene rings is 1. The van der Waals surface area contributed by atoms with Crippen LogP contribution in [0.2, 0.25) is 10.0 Å². The molecule has 7 heteroatoms. The van der Waals surface area contributed by atoms with Crippen LogP contribution in [0.15, 0.2) is 12.1 Å². The van der Waals surface area contributed by atoms with Gasteiger partial charge in [0.25, 0.3) is 0 Å². The lowest BCUT2D eigenvalue weighted by Gasteiger charge is -2.15. The number of amides is 1. The van der Waals surface area contributed by atoms with Crippen molar-refractivity contribution < 1.29 is 13.9 Å². The topological polar surface area (TPSA) is 64.3 Å². The van der Waals surface area contributed by atoms with Gasteiger partial charge >= 0.3 is 0 Å². The van der Waals surface area contributed by atoms with E-state index in [1.54, 1.807) is 0 Å². The van der Waals surface area contributed by atoms with Crippen molar-refractivity contribution in [2.24, 2.45) is 11.7 Å². The molecule has 2 unspecified atom stereocenters. The SMILES string of the molecule is NC1COCC1C(=O)Nc1c(Cl)cc(F)cc1Cl. The van der Waals surface area contributed by atoms with E-state index in [2.05, 4.69) is 5.32 Å². The highest BCUT2D eigenvalue weighted by atomic mass is 35.5. The summed E-state index contributed by atoms with van der Waals surface area (Å²) in [6.45, 7) is 0.590. The highest BCUT2D eigenvalue weighted by Crippen LogP contribution is 2.32. The van der Waals surface area contributed by atoms with Crippen LogP contribution in [0.3, 0.4) is 0 Å². The summed E-state index contributed by atoms with van der Waals surface area (Å²) < 4.78 is 18.1. The van der Waals surface area contributed by atoms with Crippen molar-refractivity contribution in [3.05, 3.63) is 28.0 Å². The Morgan fingerprint density at radius 3 is 2.50 bits per heavy atom. The van der Waals surface area contributed by atoms with Gasteiger partial charge in [-0.15, -0.1) is 0 Å². The largest absolute Gasteiger partial charge is 0.379 e. The van der Waals surface area contributed by atoms with Gasteiger partial charge in [0.2, 0.25) is 5.91 Å². The first kappa shape index (κ1) is 13.5. The quantitative estimate of drug-likeness (QED) is 0.877. The molecule has 1 aliphatic rings. The van der Waals surface area contributed by atoms with Crippen LogP contribution in [0.25, 0.3) is 0 Å². The zero-order valence-corrected chi connectivity index (χ0v) is 10.8. The Morgan fingerprint density at radius 2 is 2.00 bits per heavy atom. The summed E-state index contributed by atoms with van der Waals surface area (Å²) in [5.41, 5.74) is 5.91. The molecule has 1 amide bonds. The molecule has 0 aromatic heterocycles. The van der Waals surface area contributed by atoms with Gasteiger partial charge in [0.1, 0.15) is 5.82 Å². The Morgan fingerprint density at radius 1 is 1.39 bits per heavy atom. The smallest absolute Gasteiger partial charge is 0.231 e. The van der Waals surface area contributed by atoms with Gasteiger partial charge in [-0.05, 0) is 12.1 Å². The van der Waals surface area contributed by atoms with Crippen molar-refractivity contribution in [1.29, 1.82) is 0 Å². The number of halogens is 3. The van der Waals surface area contributed by atoms with E-state index in [1.807, 2.05) is 0 Å². The average Bonchev–Trinajstić information content (AvgIpc) is 2.69. The van der Waals surface area contributed by atoms with E-state index < -0.39 is 11.7 Å². The van der Waals surface area contributed by atoms with Gasteiger partial charge in [0, 0.05) is 6.04 Å². The highest BCUT2D eigenvalue weighted by Gasteiger charge is 2.32. The molecule has 1 saturated heterocycles. The minimum absolute atomic E-state index is 0.0424. The predicted molar refractivity (Wildman–Crippen MR) is 67.3 cm³/mol. The van der Waals surface area contributed by atoms with E-state index in [0.29, 0.717) is 6.61 Å². The Balaban J connectivity index is 2.17. The number of carbonyl (C=O) groups excluding carboxylic acids is 1. The Kier molecular flexibility index (Phi) is 4.07. The molecule has 4 nitrogen and oxygen atoms in total. The number of rotatable bonds is 2. The zero-order valence-electron chi connectivity index (χ0n) is 9.25. The van der Waals surface area contributed by atoms with Gasteiger partial charge in [-0.25, -0.2) is 4.39 Å². The maximum atomic E-state index is 13.0. The van der Waals surface area contributed by atoms with Crippen LogP contribution in [-0.4, -0.2) is 25.2 Å². The molecule has 1 aromatic rings. The fraction of sp³-hybridized carbons (Fsp3) is 0.364. The molecule has 1 fully saturated rings. The standard InChI is InChI=1S/C11H11Cl2FN2O2/c12-7-1-5(14)2-8(13)10(7)16-11(17)6-3-18-4-9(6)15/h1-2,6,9H,3-4,15H2,(H,16,17). The third-order valence-electron chi connectivity index (χ3n) is 2.72. The summed E-state index contributed by atoms with van der Waals surface area (Å²) in [6.07, 6.45) is 0. The fourth-order valence-electron chi connectivity index (χ4n) is 1.72. The maximum absolute atomic E-state index is 13.0. The van der Waals surface area contributed by atoms with E-state index >= 15 is 0 Å². The van der Waals surface area contributed by atoms with Crippen molar-refractivity contribution >= 4 is 34.8 Å². The number of anilines is 1. The van der Waals surface area contributed by atoms with Crippen molar-refractivity contribution in [3.63, 3.8) is 0 Å². The summed E-state index contributed by atoms with van der Waals surface area (Å²) in [7, 11) is 0. The summed E-state index contributed by atoms with van der Waals surface area (Å²) in [5.74, 6) is -1.36. The predicted octanol–water partition coefficient (Wildman–Crippen LogP) is 2.04. The van der Waals surface area contributed by atoms with Gasteiger partial charge in [-0.3, -0.25) is 4.79 Å². The van der Waals surface area contributed by atoms with E-state index in [9.17, 15) is 9.18 Å². The molecule has 0 saturated carbocycles. The Labute approximate surface area is 113 Å². The minimum Gasteiger partial charge on any atom is -0.379 e. The number of nitrogens with one attached hydrogen (secondary N) is 1. The molecular weight excluding hydrogens is 282 g/mol. The number of nitrogens with two attached hydrogens (primary N) is 1. The van der Waals surface area contributed by atoms with Crippen LogP contribution < -0.4 is 11.1 Å². The van der Waals surface area contributed by atoms with Crippen molar-refractivity contribution in [2.75, 3.05) is 18.5 Å².